The summed E-state index contributed by atoms with van der Waals surface area (Å²) in [6.07, 6.45) is 2.06. The van der Waals surface area contributed by atoms with Crippen LogP contribution in [0, 0.1) is 5.92 Å². The molecule has 1 aliphatic heterocycles. The Hall–Kier alpha value is -6.05. The molecule has 0 saturated carbocycles. The molecule has 1 fully saturated rings. The van der Waals surface area contributed by atoms with Crippen LogP contribution < -0.4 is 38.1 Å². The number of β-lactam (4-membered cyclic amide) rings is 1. The zero-order valence-electron chi connectivity index (χ0n) is 35.0. The van der Waals surface area contributed by atoms with Gasteiger partial charge in [0.2, 0.25) is 53.2 Å². The highest BCUT2D eigenvalue weighted by atomic mass is 16.5. The molecule has 336 valence electrons. The standard InChI is InChI=1S/C41H60N8O12/c1-26(50)44-20-6-4-8-31(48-41(60)32(46-27(2)51)14-16-35(42)54)34(53)23-29(33(52)15-17-36(43)55)7-3-5-21-45-37(56)24-61-25-38(57)47-30-12-9-28(10-13-30)11-18-39(58)49-22-19-40(49)59/h9-10,12-13,29,31-32H,3-8,11,14-25H2,1-2H3,(H2,42,54)(H2,43,55)(H,44,50)(H,45,56)(H,46,51)(H,47,57)(H,48,60)/t29-,31+,32+/m1/s1. The minimum absolute atomic E-state index is 0.107. The second-order valence-electron chi connectivity index (χ2n) is 14.9. The van der Waals surface area contributed by atoms with Crippen LogP contribution in [0.25, 0.3) is 0 Å². The van der Waals surface area contributed by atoms with Crippen molar-refractivity contribution in [1.29, 1.82) is 0 Å². The molecule has 0 spiro atoms. The predicted octanol–water partition coefficient (Wildman–Crippen LogP) is -0.409. The van der Waals surface area contributed by atoms with Crippen molar-refractivity contribution >= 4 is 70.4 Å². The number of ether oxygens (including phenoxy) is 1. The van der Waals surface area contributed by atoms with E-state index in [0.717, 1.165) is 5.56 Å². The Bertz CT molecular complexity index is 1730. The summed E-state index contributed by atoms with van der Waals surface area (Å²) >= 11 is 0. The van der Waals surface area contributed by atoms with Gasteiger partial charge in [-0.25, -0.2) is 0 Å². The number of hydrogen-bond acceptors (Lipinski definition) is 12. The summed E-state index contributed by atoms with van der Waals surface area (Å²) in [7, 11) is 0. The van der Waals surface area contributed by atoms with Crippen LogP contribution in [0.3, 0.4) is 0 Å². The lowest BCUT2D eigenvalue weighted by Crippen LogP contribution is -2.51. The normalized spacial score (nSPS) is 13.4. The quantitative estimate of drug-likeness (QED) is 0.0371. The van der Waals surface area contributed by atoms with Crippen LogP contribution in [-0.4, -0.2) is 115 Å². The Labute approximate surface area is 354 Å². The average molecular weight is 857 g/mol. The van der Waals surface area contributed by atoms with Crippen molar-refractivity contribution < 1.29 is 57.5 Å². The van der Waals surface area contributed by atoms with E-state index in [9.17, 15) is 52.7 Å². The number of benzene rings is 1. The van der Waals surface area contributed by atoms with E-state index < -0.39 is 72.4 Å². The predicted molar refractivity (Wildman–Crippen MR) is 219 cm³/mol. The number of unbranched alkanes of at least 4 members (excludes halogenated alkanes) is 2. The van der Waals surface area contributed by atoms with Gasteiger partial charge in [0, 0.05) is 83.6 Å². The van der Waals surface area contributed by atoms with Gasteiger partial charge in [-0.05, 0) is 62.6 Å². The minimum Gasteiger partial charge on any atom is -0.370 e. The first-order chi connectivity index (χ1) is 28.9. The number of Topliss-reactive ketones (excluding diaryl/α,β-unsaturated/α-hetero) is 2. The Kier molecular flexibility index (Phi) is 23.2. The third-order valence-electron chi connectivity index (χ3n) is 9.68. The number of nitrogens with two attached hydrogens (primary N) is 2. The molecule has 20 heteroatoms. The number of rotatable bonds is 31. The fourth-order valence-corrected chi connectivity index (χ4v) is 6.28. The van der Waals surface area contributed by atoms with Gasteiger partial charge in [-0.15, -0.1) is 0 Å². The van der Waals surface area contributed by atoms with Crippen LogP contribution in [0.2, 0.25) is 0 Å². The van der Waals surface area contributed by atoms with Gasteiger partial charge in [-0.3, -0.25) is 57.6 Å². The summed E-state index contributed by atoms with van der Waals surface area (Å²) in [5.41, 5.74) is 11.8. The average Bonchev–Trinajstić information content (AvgIpc) is 3.18. The molecule has 20 nitrogen and oxygen atoms in total. The number of carbonyl (C=O) groups excluding carboxylic acids is 11. The van der Waals surface area contributed by atoms with Gasteiger partial charge in [0.15, 0.2) is 5.78 Å². The fourth-order valence-electron chi connectivity index (χ4n) is 6.28. The molecule has 9 amide bonds. The molecule has 1 aromatic rings. The van der Waals surface area contributed by atoms with E-state index in [0.29, 0.717) is 57.3 Å². The third-order valence-corrected chi connectivity index (χ3v) is 9.68. The first kappa shape index (κ1) is 51.1. The number of imide groups is 1. The number of hydrogen-bond donors (Lipinski definition) is 7. The number of amides is 9. The molecule has 9 N–H and O–H groups in total. The van der Waals surface area contributed by atoms with Gasteiger partial charge in [0.25, 0.3) is 0 Å². The summed E-state index contributed by atoms with van der Waals surface area (Å²) in [5, 5.41) is 13.1. The molecule has 0 aromatic heterocycles. The maximum Gasteiger partial charge on any atom is 0.250 e. The monoisotopic (exact) mass is 856 g/mol. The number of nitrogens with zero attached hydrogens (tertiary/aromatic N) is 1. The molecule has 3 atom stereocenters. The molecule has 1 aliphatic rings. The Balaban J connectivity index is 1.87. The number of primary amides is 2. The zero-order valence-corrected chi connectivity index (χ0v) is 35.0. The van der Waals surface area contributed by atoms with Gasteiger partial charge < -0.3 is 42.8 Å². The van der Waals surface area contributed by atoms with E-state index in [1.54, 1.807) is 24.3 Å². The van der Waals surface area contributed by atoms with Crippen LogP contribution in [0.15, 0.2) is 24.3 Å². The number of carbonyl (C=O) groups is 11. The highest BCUT2D eigenvalue weighted by Crippen LogP contribution is 2.20. The van der Waals surface area contributed by atoms with Crippen LogP contribution in [0.4, 0.5) is 5.69 Å². The van der Waals surface area contributed by atoms with E-state index in [1.165, 1.54) is 18.7 Å². The van der Waals surface area contributed by atoms with Gasteiger partial charge in [0.05, 0.1) is 6.04 Å². The Morgan fingerprint density at radius 2 is 1.33 bits per heavy atom. The van der Waals surface area contributed by atoms with Crippen molar-refractivity contribution in [3.05, 3.63) is 29.8 Å². The first-order valence-corrected chi connectivity index (χ1v) is 20.5. The Morgan fingerprint density at radius 3 is 1.92 bits per heavy atom. The lowest BCUT2D eigenvalue weighted by molar-refractivity contribution is -0.152. The summed E-state index contributed by atoms with van der Waals surface area (Å²) < 4.78 is 5.24. The summed E-state index contributed by atoms with van der Waals surface area (Å²) in [6.45, 7) is 2.74. The van der Waals surface area contributed by atoms with Crippen molar-refractivity contribution in [2.45, 2.75) is 116 Å². The zero-order chi connectivity index (χ0) is 45.3. The van der Waals surface area contributed by atoms with Gasteiger partial charge in [-0.2, -0.15) is 0 Å². The minimum atomic E-state index is -1.16. The maximum atomic E-state index is 13.7. The SMILES string of the molecule is CC(=O)NCCCC[C@H](NC(=O)[C@H](CCC(N)=O)NC(C)=O)C(=O)C[C@@H](CCCCNC(=O)COCC(=O)Nc1ccc(CCC(=O)N2CCC2=O)cc1)C(=O)CCC(N)=O. The van der Waals surface area contributed by atoms with Gasteiger partial charge in [-0.1, -0.05) is 18.6 Å². The third kappa shape index (κ3) is 21.7. The second-order valence-corrected chi connectivity index (χ2v) is 14.9. The number of likely N-dealkylation sites (tertiary alicyclic amines) is 1. The van der Waals surface area contributed by atoms with Gasteiger partial charge >= 0.3 is 0 Å². The van der Waals surface area contributed by atoms with E-state index in [1.807, 2.05) is 0 Å². The molecule has 1 heterocycles. The lowest BCUT2D eigenvalue weighted by Gasteiger charge is -2.28. The highest BCUT2D eigenvalue weighted by Gasteiger charge is 2.31. The van der Waals surface area contributed by atoms with Crippen LogP contribution in [0.1, 0.15) is 103 Å². The highest BCUT2D eigenvalue weighted by molar-refractivity contribution is 5.99. The first-order valence-electron chi connectivity index (χ1n) is 20.5. The summed E-state index contributed by atoms with van der Waals surface area (Å²) in [6, 6.07) is 4.61. The van der Waals surface area contributed by atoms with Crippen molar-refractivity contribution in [3.63, 3.8) is 0 Å². The molecule has 61 heavy (non-hydrogen) atoms. The van der Waals surface area contributed by atoms with Crippen molar-refractivity contribution in [1.82, 2.24) is 26.2 Å². The Morgan fingerprint density at radius 1 is 0.689 bits per heavy atom. The van der Waals surface area contributed by atoms with E-state index >= 15 is 0 Å². The molecule has 1 saturated heterocycles. The number of aryl methyl sites for hydroxylation is 1. The molecular weight excluding hydrogens is 796 g/mol. The summed E-state index contributed by atoms with van der Waals surface area (Å²) in [5.74, 6) is -5.91. The number of nitrogens with one attached hydrogen (secondary N) is 5. The fraction of sp³-hybridized carbons (Fsp3) is 0.585. The molecule has 0 bridgehead atoms. The topological polar surface area (TPSA) is 312 Å². The molecule has 0 radical (unpaired) electrons. The lowest BCUT2D eigenvalue weighted by atomic mass is 9.87. The second kappa shape index (κ2) is 27.7. The smallest absolute Gasteiger partial charge is 0.250 e. The van der Waals surface area contributed by atoms with Crippen LogP contribution >= 0.6 is 0 Å². The van der Waals surface area contributed by atoms with Crippen molar-refractivity contribution in [2.24, 2.45) is 17.4 Å². The van der Waals surface area contributed by atoms with E-state index in [2.05, 4.69) is 26.6 Å². The van der Waals surface area contributed by atoms with Crippen LogP contribution in [-0.2, 0) is 63.9 Å². The van der Waals surface area contributed by atoms with Crippen LogP contribution in [0.5, 0.6) is 0 Å². The van der Waals surface area contributed by atoms with Crippen molar-refractivity contribution in [2.75, 3.05) is 38.2 Å². The van der Waals surface area contributed by atoms with Gasteiger partial charge in [0.1, 0.15) is 25.0 Å². The molecule has 1 aromatic carbocycles. The molecule has 0 unspecified atom stereocenters. The number of anilines is 1. The largest absolute Gasteiger partial charge is 0.370 e. The van der Waals surface area contributed by atoms with E-state index in [-0.39, 0.29) is 81.4 Å². The maximum absolute atomic E-state index is 13.7. The molecular formula is C41H60N8O12. The van der Waals surface area contributed by atoms with E-state index in [4.69, 9.17) is 16.2 Å². The van der Waals surface area contributed by atoms with Crippen molar-refractivity contribution in [3.8, 4) is 0 Å². The number of ketones is 2. The molecule has 0 aliphatic carbocycles. The molecule has 2 rings (SSSR count). The summed E-state index contributed by atoms with van der Waals surface area (Å²) in [4.78, 5) is 136.